The van der Waals surface area contributed by atoms with Crippen molar-refractivity contribution in [1.82, 2.24) is 4.90 Å². The van der Waals surface area contributed by atoms with Crippen molar-refractivity contribution in [2.75, 3.05) is 18.8 Å². The van der Waals surface area contributed by atoms with E-state index in [1.807, 2.05) is 0 Å². The quantitative estimate of drug-likeness (QED) is 0.869. The molecular formula is C15H18FNO3S. The maximum Gasteiger partial charge on any atom is 0.311 e. The first kappa shape index (κ1) is 15.8. The van der Waals surface area contributed by atoms with Crippen LogP contribution >= 0.6 is 11.8 Å². The summed E-state index contributed by atoms with van der Waals surface area (Å²) >= 11 is 1.14. The van der Waals surface area contributed by atoms with Gasteiger partial charge in [-0.15, -0.1) is 11.8 Å². The Kier molecular flexibility index (Phi) is 4.88. The molecule has 0 saturated carbocycles. The first-order valence-corrected chi connectivity index (χ1v) is 7.79. The molecule has 1 amide bonds. The van der Waals surface area contributed by atoms with E-state index in [1.165, 1.54) is 6.07 Å². The molecule has 0 aliphatic carbocycles. The molecule has 1 aliphatic heterocycles. The number of hydrogen-bond donors (Lipinski definition) is 1. The van der Waals surface area contributed by atoms with Crippen LogP contribution in [-0.4, -0.2) is 40.7 Å². The van der Waals surface area contributed by atoms with Crippen molar-refractivity contribution < 1.29 is 19.1 Å². The minimum atomic E-state index is -0.878. The van der Waals surface area contributed by atoms with Gasteiger partial charge >= 0.3 is 5.97 Å². The summed E-state index contributed by atoms with van der Waals surface area (Å²) in [6.45, 7) is 2.46. The fourth-order valence-electron chi connectivity index (χ4n) is 2.42. The Morgan fingerprint density at radius 3 is 2.81 bits per heavy atom. The number of carboxylic acid groups (broad SMARTS) is 1. The third-order valence-electron chi connectivity index (χ3n) is 3.75. The van der Waals surface area contributed by atoms with Gasteiger partial charge in [0, 0.05) is 18.0 Å². The zero-order valence-corrected chi connectivity index (χ0v) is 12.7. The summed E-state index contributed by atoms with van der Waals surface area (Å²) in [6, 6.07) is 6.31. The molecule has 0 radical (unpaired) electrons. The molecule has 6 heteroatoms. The van der Waals surface area contributed by atoms with Crippen LogP contribution in [0.4, 0.5) is 4.39 Å². The number of benzene rings is 1. The lowest BCUT2D eigenvalue weighted by molar-refractivity contribution is -0.153. The third kappa shape index (κ3) is 3.75. The molecule has 1 saturated heterocycles. The van der Waals surface area contributed by atoms with E-state index >= 15 is 0 Å². The van der Waals surface area contributed by atoms with Crippen LogP contribution in [0.15, 0.2) is 29.2 Å². The third-order valence-corrected chi connectivity index (χ3v) is 4.79. The number of aliphatic carboxylic acids is 1. The standard InChI is InChI=1S/C15H18FNO3S/c1-15(14(19)20)7-4-8-17(10-15)13(18)9-21-12-6-3-2-5-11(12)16/h2-3,5-6H,4,7-10H2,1H3,(H,19,20). The zero-order chi connectivity index (χ0) is 15.5. The Morgan fingerprint density at radius 2 is 2.14 bits per heavy atom. The van der Waals surface area contributed by atoms with E-state index in [0.717, 1.165) is 11.8 Å². The average molecular weight is 311 g/mol. The van der Waals surface area contributed by atoms with Gasteiger partial charge in [-0.1, -0.05) is 12.1 Å². The molecule has 114 valence electrons. The van der Waals surface area contributed by atoms with E-state index in [9.17, 15) is 19.1 Å². The molecule has 1 fully saturated rings. The van der Waals surface area contributed by atoms with Gasteiger partial charge in [-0.2, -0.15) is 0 Å². The Morgan fingerprint density at radius 1 is 1.43 bits per heavy atom. The molecule has 1 unspecified atom stereocenters. The fraction of sp³-hybridized carbons (Fsp3) is 0.467. The predicted octanol–water partition coefficient (Wildman–Crippen LogP) is 2.63. The molecule has 21 heavy (non-hydrogen) atoms. The minimum Gasteiger partial charge on any atom is -0.481 e. The minimum absolute atomic E-state index is 0.122. The number of thioether (sulfide) groups is 1. The number of piperidine rings is 1. The second-order valence-corrected chi connectivity index (χ2v) is 6.52. The number of amides is 1. The van der Waals surface area contributed by atoms with Gasteiger partial charge in [0.1, 0.15) is 5.82 Å². The Bertz CT molecular complexity index is 551. The van der Waals surface area contributed by atoms with Crippen LogP contribution in [0, 0.1) is 11.2 Å². The largest absolute Gasteiger partial charge is 0.481 e. The van der Waals surface area contributed by atoms with Crippen molar-refractivity contribution in [2.45, 2.75) is 24.7 Å². The lowest BCUT2D eigenvalue weighted by Crippen LogP contribution is -2.48. The highest BCUT2D eigenvalue weighted by molar-refractivity contribution is 8.00. The van der Waals surface area contributed by atoms with Crippen LogP contribution < -0.4 is 0 Å². The second kappa shape index (κ2) is 6.47. The number of rotatable bonds is 4. The highest BCUT2D eigenvalue weighted by atomic mass is 32.2. The van der Waals surface area contributed by atoms with Crippen LogP contribution in [0.25, 0.3) is 0 Å². The number of nitrogens with zero attached hydrogens (tertiary/aromatic N) is 1. The molecule has 1 aliphatic rings. The monoisotopic (exact) mass is 311 g/mol. The van der Waals surface area contributed by atoms with E-state index in [1.54, 1.807) is 30.0 Å². The Balaban J connectivity index is 1.94. The van der Waals surface area contributed by atoms with Gasteiger partial charge in [-0.25, -0.2) is 4.39 Å². The molecule has 0 spiro atoms. The average Bonchev–Trinajstić information content (AvgIpc) is 2.46. The van der Waals surface area contributed by atoms with E-state index in [2.05, 4.69) is 0 Å². The van der Waals surface area contributed by atoms with Crippen LogP contribution in [0.1, 0.15) is 19.8 Å². The summed E-state index contributed by atoms with van der Waals surface area (Å²) in [4.78, 5) is 25.5. The molecule has 0 aromatic heterocycles. The topological polar surface area (TPSA) is 57.6 Å². The first-order chi connectivity index (χ1) is 9.92. The van der Waals surface area contributed by atoms with Crippen molar-refractivity contribution in [3.8, 4) is 0 Å². The van der Waals surface area contributed by atoms with Gasteiger partial charge in [0.05, 0.1) is 11.2 Å². The molecular weight excluding hydrogens is 293 g/mol. The number of halogens is 1. The molecule has 1 heterocycles. The summed E-state index contributed by atoms with van der Waals surface area (Å²) in [6.07, 6.45) is 1.26. The van der Waals surface area contributed by atoms with Gasteiger partial charge in [-0.05, 0) is 31.9 Å². The predicted molar refractivity (Wildman–Crippen MR) is 78.7 cm³/mol. The maximum atomic E-state index is 13.5. The first-order valence-electron chi connectivity index (χ1n) is 6.81. The van der Waals surface area contributed by atoms with Gasteiger partial charge < -0.3 is 10.0 Å². The highest BCUT2D eigenvalue weighted by Crippen LogP contribution is 2.30. The normalized spacial score (nSPS) is 22.1. The number of carbonyl (C=O) groups excluding carboxylic acids is 1. The number of hydrogen-bond acceptors (Lipinski definition) is 3. The van der Waals surface area contributed by atoms with Gasteiger partial charge in [0.15, 0.2) is 0 Å². The SMILES string of the molecule is CC1(C(=O)O)CCCN(C(=O)CSc2ccccc2F)C1. The summed E-state index contributed by atoms with van der Waals surface area (Å²) in [7, 11) is 0. The van der Waals surface area contributed by atoms with E-state index in [0.29, 0.717) is 24.3 Å². The van der Waals surface area contributed by atoms with Crippen molar-refractivity contribution in [3.05, 3.63) is 30.1 Å². The van der Waals surface area contributed by atoms with Crippen LogP contribution in [-0.2, 0) is 9.59 Å². The fourth-order valence-corrected chi connectivity index (χ4v) is 3.26. The molecule has 2 rings (SSSR count). The summed E-state index contributed by atoms with van der Waals surface area (Å²) in [5.74, 6) is -1.24. The summed E-state index contributed by atoms with van der Waals surface area (Å²) in [5.41, 5.74) is -0.878. The molecule has 4 nitrogen and oxygen atoms in total. The molecule has 0 bridgehead atoms. The number of carboxylic acids is 1. The van der Waals surface area contributed by atoms with Crippen molar-refractivity contribution in [2.24, 2.45) is 5.41 Å². The van der Waals surface area contributed by atoms with Gasteiger partial charge in [0.2, 0.25) is 5.91 Å². The molecule has 1 atom stereocenters. The summed E-state index contributed by atoms with van der Waals surface area (Å²) in [5, 5.41) is 9.25. The second-order valence-electron chi connectivity index (χ2n) is 5.50. The molecule has 1 N–H and O–H groups in total. The highest BCUT2D eigenvalue weighted by Gasteiger charge is 2.39. The van der Waals surface area contributed by atoms with Crippen LogP contribution in [0.5, 0.6) is 0 Å². The van der Waals surface area contributed by atoms with E-state index in [-0.39, 0.29) is 24.0 Å². The number of likely N-dealkylation sites (tertiary alicyclic amines) is 1. The number of carbonyl (C=O) groups is 2. The van der Waals surface area contributed by atoms with Crippen molar-refractivity contribution in [1.29, 1.82) is 0 Å². The Labute approximate surface area is 127 Å². The van der Waals surface area contributed by atoms with E-state index < -0.39 is 11.4 Å². The zero-order valence-electron chi connectivity index (χ0n) is 11.8. The maximum absolute atomic E-state index is 13.5. The lowest BCUT2D eigenvalue weighted by atomic mass is 9.82. The van der Waals surface area contributed by atoms with Crippen LogP contribution in [0.3, 0.4) is 0 Å². The van der Waals surface area contributed by atoms with Crippen molar-refractivity contribution >= 4 is 23.6 Å². The lowest BCUT2D eigenvalue weighted by Gasteiger charge is -2.37. The van der Waals surface area contributed by atoms with Gasteiger partial charge in [0.25, 0.3) is 0 Å². The molecule has 1 aromatic rings. The molecule has 1 aromatic carbocycles. The van der Waals surface area contributed by atoms with Gasteiger partial charge in [-0.3, -0.25) is 9.59 Å². The van der Waals surface area contributed by atoms with Crippen molar-refractivity contribution in [3.63, 3.8) is 0 Å². The smallest absolute Gasteiger partial charge is 0.311 e. The summed E-state index contributed by atoms with van der Waals surface area (Å²) < 4.78 is 13.5. The Hall–Kier alpha value is -1.56. The van der Waals surface area contributed by atoms with E-state index in [4.69, 9.17) is 0 Å². The van der Waals surface area contributed by atoms with Crippen LogP contribution in [0.2, 0.25) is 0 Å².